The zero-order valence-electron chi connectivity index (χ0n) is 16.4. The van der Waals surface area contributed by atoms with E-state index in [1.807, 2.05) is 18.2 Å². The van der Waals surface area contributed by atoms with Crippen LogP contribution in [0, 0.1) is 11.3 Å². The van der Waals surface area contributed by atoms with Gasteiger partial charge in [0.2, 0.25) is 0 Å². The average molecular weight is 377 g/mol. The maximum Gasteiger partial charge on any atom is 0.146 e. The van der Waals surface area contributed by atoms with E-state index in [0.717, 1.165) is 62.4 Å². The zero-order chi connectivity index (χ0) is 19.3. The first kappa shape index (κ1) is 18.7. The molecule has 3 heterocycles. The van der Waals surface area contributed by atoms with Crippen molar-refractivity contribution in [2.24, 2.45) is 0 Å². The number of ether oxygens (including phenoxy) is 1. The molecule has 2 aliphatic rings. The lowest BCUT2D eigenvalue weighted by Gasteiger charge is -2.29. The Morgan fingerprint density at radius 1 is 1.21 bits per heavy atom. The minimum Gasteiger partial charge on any atom is -0.376 e. The lowest BCUT2D eigenvalue weighted by Crippen LogP contribution is -2.30. The molecule has 0 bridgehead atoms. The summed E-state index contributed by atoms with van der Waals surface area (Å²) in [6.07, 6.45) is 3.32. The summed E-state index contributed by atoms with van der Waals surface area (Å²) in [6, 6.07) is 12.6. The van der Waals surface area contributed by atoms with Crippen LogP contribution < -0.4 is 10.6 Å². The van der Waals surface area contributed by atoms with E-state index in [9.17, 15) is 5.26 Å². The average Bonchev–Trinajstić information content (AvgIpc) is 3.25. The molecule has 2 N–H and O–H groups in total. The van der Waals surface area contributed by atoms with Crippen LogP contribution in [0.2, 0.25) is 0 Å². The normalized spacial score (nSPS) is 19.1. The van der Waals surface area contributed by atoms with Crippen molar-refractivity contribution in [2.75, 3.05) is 37.4 Å². The molecule has 0 spiro atoms. The van der Waals surface area contributed by atoms with Gasteiger partial charge in [0.05, 0.1) is 11.7 Å². The topological polar surface area (TPSA) is 73.2 Å². The van der Waals surface area contributed by atoms with Gasteiger partial charge in [-0.15, -0.1) is 0 Å². The van der Waals surface area contributed by atoms with Crippen molar-refractivity contribution in [3.8, 4) is 6.07 Å². The number of pyridine rings is 1. The highest BCUT2D eigenvalue weighted by Gasteiger charge is 2.25. The predicted molar refractivity (Wildman–Crippen MR) is 110 cm³/mol. The fraction of sp³-hybridized carbons (Fsp3) is 0.455. The summed E-state index contributed by atoms with van der Waals surface area (Å²) >= 11 is 0. The van der Waals surface area contributed by atoms with Crippen LogP contribution in [0.3, 0.4) is 0 Å². The van der Waals surface area contributed by atoms with Crippen LogP contribution in [0.1, 0.15) is 35.1 Å². The second-order valence-electron chi connectivity index (χ2n) is 7.60. The van der Waals surface area contributed by atoms with Crippen LogP contribution in [-0.4, -0.2) is 42.7 Å². The molecule has 0 aliphatic carbocycles. The van der Waals surface area contributed by atoms with E-state index in [1.54, 1.807) is 0 Å². The lowest BCUT2D eigenvalue weighted by molar-refractivity contribution is 0.120. The van der Waals surface area contributed by atoms with E-state index >= 15 is 0 Å². The summed E-state index contributed by atoms with van der Waals surface area (Å²) in [7, 11) is 2.11. The summed E-state index contributed by atoms with van der Waals surface area (Å²) in [4.78, 5) is 7.12. The predicted octanol–water partition coefficient (Wildman–Crippen LogP) is 3.14. The molecule has 2 aliphatic heterocycles. The third-order valence-electron chi connectivity index (χ3n) is 5.52. The van der Waals surface area contributed by atoms with Crippen molar-refractivity contribution < 1.29 is 4.74 Å². The monoisotopic (exact) mass is 377 g/mol. The lowest BCUT2D eigenvalue weighted by atomic mass is 9.95. The van der Waals surface area contributed by atoms with Crippen LogP contribution in [-0.2, 0) is 24.2 Å². The molecular weight excluding hydrogens is 350 g/mol. The van der Waals surface area contributed by atoms with Crippen LogP contribution >= 0.6 is 0 Å². The van der Waals surface area contributed by atoms with Crippen LogP contribution in [0.5, 0.6) is 0 Å². The highest BCUT2D eigenvalue weighted by Crippen LogP contribution is 2.32. The molecule has 28 heavy (non-hydrogen) atoms. The van der Waals surface area contributed by atoms with E-state index in [1.165, 1.54) is 5.56 Å². The number of nitrogens with one attached hydrogen (secondary N) is 2. The highest BCUT2D eigenvalue weighted by atomic mass is 16.5. The van der Waals surface area contributed by atoms with Gasteiger partial charge >= 0.3 is 0 Å². The third-order valence-corrected chi connectivity index (χ3v) is 5.52. The van der Waals surface area contributed by atoms with Crippen molar-refractivity contribution in [1.82, 2.24) is 9.88 Å². The Kier molecular flexibility index (Phi) is 5.75. The van der Waals surface area contributed by atoms with Gasteiger partial charge in [-0.25, -0.2) is 4.98 Å². The molecule has 0 unspecified atom stereocenters. The number of aromatic nitrogens is 1. The second-order valence-corrected chi connectivity index (χ2v) is 7.60. The fourth-order valence-corrected chi connectivity index (χ4v) is 3.96. The summed E-state index contributed by atoms with van der Waals surface area (Å²) in [5.41, 5.74) is 4.12. The Labute approximate surface area is 166 Å². The number of benzene rings is 1. The summed E-state index contributed by atoms with van der Waals surface area (Å²) in [5, 5.41) is 16.8. The van der Waals surface area contributed by atoms with Crippen molar-refractivity contribution in [2.45, 2.75) is 38.5 Å². The van der Waals surface area contributed by atoms with Gasteiger partial charge in [-0.2, -0.15) is 5.26 Å². The van der Waals surface area contributed by atoms with Gasteiger partial charge in [-0.3, -0.25) is 0 Å². The zero-order valence-corrected chi connectivity index (χ0v) is 16.4. The summed E-state index contributed by atoms with van der Waals surface area (Å²) in [6.45, 7) is 4.01. The Balaban J connectivity index is 1.62. The van der Waals surface area contributed by atoms with E-state index in [-0.39, 0.29) is 6.10 Å². The van der Waals surface area contributed by atoms with E-state index in [4.69, 9.17) is 9.72 Å². The maximum atomic E-state index is 9.85. The molecule has 0 amide bonds. The molecule has 1 aromatic carbocycles. The molecule has 6 nitrogen and oxygen atoms in total. The second kappa shape index (κ2) is 8.59. The molecule has 1 fully saturated rings. The molecule has 1 aromatic heterocycles. The Hall–Kier alpha value is -2.62. The fourth-order valence-electron chi connectivity index (χ4n) is 3.96. The van der Waals surface area contributed by atoms with Gasteiger partial charge in [0.25, 0.3) is 0 Å². The molecule has 146 valence electrons. The number of nitriles is 1. The van der Waals surface area contributed by atoms with Crippen molar-refractivity contribution in [3.05, 3.63) is 52.6 Å². The molecule has 2 aromatic rings. The van der Waals surface area contributed by atoms with Gasteiger partial charge in [-0.1, -0.05) is 30.3 Å². The van der Waals surface area contributed by atoms with Gasteiger partial charge in [-0.05, 0) is 37.4 Å². The number of hydrogen-bond donors (Lipinski definition) is 2. The Bertz CT molecular complexity index is 855. The molecule has 6 heteroatoms. The van der Waals surface area contributed by atoms with Crippen molar-refractivity contribution in [3.63, 3.8) is 0 Å². The number of anilines is 2. The number of likely N-dealkylation sites (N-methyl/N-ethyl adjacent to an activating group) is 1. The number of nitrogens with zero attached hydrogens (tertiary/aromatic N) is 3. The summed E-state index contributed by atoms with van der Waals surface area (Å²) in [5.74, 6) is 1.55. The SMILES string of the molecule is CN1CCc2c(C#N)c(NCc3ccccc3)nc(NC[C@@H]3CCCO3)c2C1. The number of rotatable bonds is 6. The van der Waals surface area contributed by atoms with E-state index in [0.29, 0.717) is 17.9 Å². The molecule has 1 atom stereocenters. The van der Waals surface area contributed by atoms with E-state index in [2.05, 4.69) is 40.8 Å². The van der Waals surface area contributed by atoms with Crippen LogP contribution in [0.4, 0.5) is 11.6 Å². The number of fused-ring (bicyclic) bond motifs is 1. The molecular formula is C22H27N5O. The van der Waals surface area contributed by atoms with Gasteiger partial charge < -0.3 is 20.3 Å². The molecule has 1 saturated heterocycles. The Morgan fingerprint density at radius 2 is 2.07 bits per heavy atom. The standard InChI is InChI=1S/C22H27N5O/c1-27-10-9-18-19(12-23)21(24-13-16-6-3-2-4-7-16)26-22(20(18)15-27)25-14-17-8-5-11-28-17/h2-4,6-7,17H,5,8-11,13-15H2,1H3,(H2,24,25,26)/t17-/m0/s1. The van der Waals surface area contributed by atoms with Gasteiger partial charge in [0, 0.05) is 38.3 Å². The number of hydrogen-bond acceptors (Lipinski definition) is 6. The smallest absolute Gasteiger partial charge is 0.146 e. The largest absolute Gasteiger partial charge is 0.376 e. The van der Waals surface area contributed by atoms with Gasteiger partial charge in [0.15, 0.2) is 0 Å². The first-order chi connectivity index (χ1) is 13.7. The Morgan fingerprint density at radius 3 is 2.82 bits per heavy atom. The minimum absolute atomic E-state index is 0.246. The first-order valence-corrected chi connectivity index (χ1v) is 10.0. The molecule has 0 saturated carbocycles. The highest BCUT2D eigenvalue weighted by molar-refractivity contribution is 5.66. The van der Waals surface area contributed by atoms with Crippen molar-refractivity contribution in [1.29, 1.82) is 5.26 Å². The van der Waals surface area contributed by atoms with E-state index < -0.39 is 0 Å². The first-order valence-electron chi connectivity index (χ1n) is 10.0. The van der Waals surface area contributed by atoms with Crippen LogP contribution in [0.15, 0.2) is 30.3 Å². The van der Waals surface area contributed by atoms with Crippen molar-refractivity contribution >= 4 is 11.6 Å². The van der Waals surface area contributed by atoms with Gasteiger partial charge in [0.1, 0.15) is 17.7 Å². The third kappa shape index (κ3) is 4.11. The molecule has 4 rings (SSSR count). The van der Waals surface area contributed by atoms with Crippen LogP contribution in [0.25, 0.3) is 0 Å². The quantitative estimate of drug-likeness (QED) is 0.806. The minimum atomic E-state index is 0.246. The summed E-state index contributed by atoms with van der Waals surface area (Å²) < 4.78 is 5.75. The maximum absolute atomic E-state index is 9.85. The molecule has 0 radical (unpaired) electrons.